The second-order valence-corrected chi connectivity index (χ2v) is 6.49. The first kappa shape index (κ1) is 16.0. The number of aryl methyl sites for hydroxylation is 1. The number of ether oxygens (including phenoxy) is 1. The van der Waals surface area contributed by atoms with Crippen molar-refractivity contribution in [3.63, 3.8) is 0 Å². The molecule has 6 heteroatoms. The third-order valence-corrected chi connectivity index (χ3v) is 4.66. The number of hydrogen-bond acceptors (Lipinski definition) is 4. The van der Waals surface area contributed by atoms with E-state index >= 15 is 0 Å². The summed E-state index contributed by atoms with van der Waals surface area (Å²) in [6.45, 7) is 3.78. The number of hydrogen-bond donors (Lipinski definition) is 2. The van der Waals surface area contributed by atoms with Crippen LogP contribution in [0.5, 0.6) is 0 Å². The maximum atomic E-state index is 12.7. The van der Waals surface area contributed by atoms with E-state index in [9.17, 15) is 9.90 Å². The zero-order valence-electron chi connectivity index (χ0n) is 13.6. The fourth-order valence-electron chi connectivity index (χ4n) is 3.24. The molecule has 0 saturated carbocycles. The number of rotatable bonds is 4. The van der Waals surface area contributed by atoms with Gasteiger partial charge in [-0.1, -0.05) is 0 Å². The van der Waals surface area contributed by atoms with Crippen LogP contribution in [-0.4, -0.2) is 59.3 Å². The number of carbonyl (C=O) groups excluding carboxylic acids is 1. The van der Waals surface area contributed by atoms with E-state index in [2.05, 4.69) is 9.97 Å². The van der Waals surface area contributed by atoms with Gasteiger partial charge in [0.15, 0.2) is 0 Å². The van der Waals surface area contributed by atoms with Gasteiger partial charge >= 0.3 is 0 Å². The number of aliphatic hydroxyl groups excluding tert-OH is 1. The van der Waals surface area contributed by atoms with Crippen LogP contribution in [0, 0.1) is 12.3 Å². The van der Waals surface area contributed by atoms with Crippen molar-refractivity contribution in [3.8, 4) is 0 Å². The lowest BCUT2D eigenvalue weighted by Crippen LogP contribution is -2.44. The van der Waals surface area contributed by atoms with Crippen molar-refractivity contribution in [2.45, 2.75) is 19.8 Å². The minimum absolute atomic E-state index is 0.0431. The Morgan fingerprint density at radius 1 is 1.43 bits per heavy atom. The van der Waals surface area contributed by atoms with Gasteiger partial charge in [-0.2, -0.15) is 0 Å². The zero-order valence-corrected chi connectivity index (χ0v) is 13.6. The van der Waals surface area contributed by atoms with Crippen LogP contribution in [0.2, 0.25) is 0 Å². The van der Waals surface area contributed by atoms with E-state index in [-0.39, 0.29) is 17.9 Å². The molecule has 6 nitrogen and oxygen atoms in total. The molecule has 1 fully saturated rings. The predicted octanol–water partition coefficient (Wildman–Crippen LogP) is 1.73. The monoisotopic (exact) mass is 317 g/mol. The summed E-state index contributed by atoms with van der Waals surface area (Å²) in [4.78, 5) is 21.9. The maximum Gasteiger partial charge on any atom is 0.253 e. The Kier molecular flexibility index (Phi) is 4.37. The molecule has 0 atom stereocenters. The Balaban J connectivity index is 1.77. The highest BCUT2D eigenvalue weighted by atomic mass is 16.5. The highest BCUT2D eigenvalue weighted by Crippen LogP contribution is 2.31. The molecule has 3 rings (SSSR count). The van der Waals surface area contributed by atoms with Crippen LogP contribution in [-0.2, 0) is 4.74 Å². The van der Waals surface area contributed by atoms with Crippen molar-refractivity contribution >= 4 is 16.9 Å². The summed E-state index contributed by atoms with van der Waals surface area (Å²) in [5, 5.41) is 9.78. The first-order chi connectivity index (χ1) is 11.0. The summed E-state index contributed by atoms with van der Waals surface area (Å²) in [6, 6.07) is 5.50. The molecule has 1 aromatic carbocycles. The number of benzene rings is 1. The van der Waals surface area contributed by atoms with Crippen molar-refractivity contribution < 1.29 is 14.6 Å². The van der Waals surface area contributed by atoms with Gasteiger partial charge in [-0.05, 0) is 38.0 Å². The van der Waals surface area contributed by atoms with Crippen LogP contribution < -0.4 is 0 Å². The van der Waals surface area contributed by atoms with Gasteiger partial charge in [0.05, 0.1) is 17.6 Å². The molecule has 0 radical (unpaired) electrons. The molecule has 2 N–H and O–H groups in total. The smallest absolute Gasteiger partial charge is 0.253 e. The first-order valence-electron chi connectivity index (χ1n) is 7.93. The second kappa shape index (κ2) is 6.29. The SMILES string of the molecule is Cc1nc2ccc(C(=O)N(C)CC3(CO)CCOCC3)cc2[nH]1. The van der Waals surface area contributed by atoms with Gasteiger partial charge in [-0.3, -0.25) is 4.79 Å². The van der Waals surface area contributed by atoms with E-state index in [0.29, 0.717) is 25.3 Å². The minimum Gasteiger partial charge on any atom is -0.396 e. The summed E-state index contributed by atoms with van der Waals surface area (Å²) in [6.07, 6.45) is 1.56. The number of fused-ring (bicyclic) bond motifs is 1. The number of nitrogens with one attached hydrogen (secondary N) is 1. The molecule has 23 heavy (non-hydrogen) atoms. The first-order valence-corrected chi connectivity index (χ1v) is 7.93. The lowest BCUT2D eigenvalue weighted by molar-refractivity contribution is -0.0282. The van der Waals surface area contributed by atoms with Crippen molar-refractivity contribution in [2.24, 2.45) is 5.41 Å². The molecule has 124 valence electrons. The molecule has 2 aromatic rings. The van der Waals surface area contributed by atoms with Crippen LogP contribution in [0.3, 0.4) is 0 Å². The molecule has 0 unspecified atom stereocenters. The van der Waals surface area contributed by atoms with Crippen LogP contribution >= 0.6 is 0 Å². The van der Waals surface area contributed by atoms with Crippen LogP contribution in [0.15, 0.2) is 18.2 Å². The molecule has 1 aliphatic heterocycles. The molecule has 2 heterocycles. The molecule has 1 amide bonds. The normalized spacial score (nSPS) is 17.3. The fraction of sp³-hybridized carbons (Fsp3) is 0.529. The number of carbonyl (C=O) groups is 1. The lowest BCUT2D eigenvalue weighted by Gasteiger charge is -2.38. The summed E-state index contributed by atoms with van der Waals surface area (Å²) < 4.78 is 5.38. The van der Waals surface area contributed by atoms with Crippen molar-refractivity contribution in [1.82, 2.24) is 14.9 Å². The van der Waals surface area contributed by atoms with Gasteiger partial charge < -0.3 is 19.7 Å². The van der Waals surface area contributed by atoms with Crippen LogP contribution in [0.25, 0.3) is 11.0 Å². The van der Waals surface area contributed by atoms with E-state index in [0.717, 1.165) is 29.7 Å². The molecule has 0 spiro atoms. The van der Waals surface area contributed by atoms with Crippen molar-refractivity contribution in [2.75, 3.05) is 33.4 Å². The molecular weight excluding hydrogens is 294 g/mol. The highest BCUT2D eigenvalue weighted by Gasteiger charge is 2.34. The van der Waals surface area contributed by atoms with Crippen molar-refractivity contribution in [3.05, 3.63) is 29.6 Å². The van der Waals surface area contributed by atoms with Gasteiger partial charge in [0, 0.05) is 37.8 Å². The van der Waals surface area contributed by atoms with E-state index in [4.69, 9.17) is 4.74 Å². The summed E-state index contributed by atoms with van der Waals surface area (Å²) in [5.41, 5.74) is 2.10. The average molecular weight is 317 g/mol. The molecule has 1 aliphatic rings. The average Bonchev–Trinajstić information content (AvgIpc) is 2.94. The van der Waals surface area contributed by atoms with Gasteiger partial charge in [-0.25, -0.2) is 4.98 Å². The van der Waals surface area contributed by atoms with E-state index in [1.165, 1.54) is 0 Å². The predicted molar refractivity (Wildman–Crippen MR) is 87.4 cm³/mol. The molecule has 1 saturated heterocycles. The topological polar surface area (TPSA) is 78.5 Å². The summed E-state index contributed by atoms with van der Waals surface area (Å²) >= 11 is 0. The molecule has 0 bridgehead atoms. The standard InChI is InChI=1S/C17H23N3O3/c1-12-18-14-4-3-13(9-15(14)19-12)16(22)20(2)10-17(11-21)5-7-23-8-6-17/h3-4,9,21H,5-8,10-11H2,1-2H3,(H,18,19). The van der Waals surface area contributed by atoms with E-state index in [1.807, 2.05) is 19.1 Å². The molecular formula is C17H23N3O3. The van der Waals surface area contributed by atoms with Gasteiger partial charge in [-0.15, -0.1) is 0 Å². The fourth-order valence-corrected chi connectivity index (χ4v) is 3.24. The lowest BCUT2D eigenvalue weighted by atomic mass is 9.80. The second-order valence-electron chi connectivity index (χ2n) is 6.49. The maximum absolute atomic E-state index is 12.7. The molecule has 1 aromatic heterocycles. The number of H-pyrrole nitrogens is 1. The number of imidazole rings is 1. The zero-order chi connectivity index (χ0) is 16.4. The quantitative estimate of drug-likeness (QED) is 0.900. The van der Waals surface area contributed by atoms with Crippen LogP contribution in [0.1, 0.15) is 29.0 Å². The Bertz CT molecular complexity index is 704. The Hall–Kier alpha value is -1.92. The summed E-state index contributed by atoms with van der Waals surface area (Å²) in [7, 11) is 1.79. The third kappa shape index (κ3) is 3.23. The van der Waals surface area contributed by atoms with Gasteiger partial charge in [0.1, 0.15) is 5.82 Å². The van der Waals surface area contributed by atoms with Crippen LogP contribution in [0.4, 0.5) is 0 Å². The minimum atomic E-state index is -0.253. The van der Waals surface area contributed by atoms with Gasteiger partial charge in [0.25, 0.3) is 5.91 Å². The van der Waals surface area contributed by atoms with Gasteiger partial charge in [0.2, 0.25) is 0 Å². The molecule has 0 aliphatic carbocycles. The number of aliphatic hydroxyl groups is 1. The Labute approximate surface area is 135 Å². The largest absolute Gasteiger partial charge is 0.396 e. The Morgan fingerprint density at radius 3 is 2.87 bits per heavy atom. The van der Waals surface area contributed by atoms with E-state index in [1.54, 1.807) is 18.0 Å². The van der Waals surface area contributed by atoms with Crippen molar-refractivity contribution in [1.29, 1.82) is 0 Å². The third-order valence-electron chi connectivity index (χ3n) is 4.66. The highest BCUT2D eigenvalue weighted by molar-refractivity contribution is 5.97. The number of amides is 1. The Morgan fingerprint density at radius 2 is 2.17 bits per heavy atom. The number of nitrogens with zero attached hydrogens (tertiary/aromatic N) is 2. The summed E-state index contributed by atoms with van der Waals surface area (Å²) in [5.74, 6) is 0.790. The van der Waals surface area contributed by atoms with E-state index < -0.39 is 0 Å². The number of aromatic amines is 1. The number of aromatic nitrogens is 2.